The number of aromatic nitrogens is 2. The summed E-state index contributed by atoms with van der Waals surface area (Å²) in [5.41, 5.74) is 1.39. The first kappa shape index (κ1) is 19.2. The maximum absolute atomic E-state index is 12.8. The van der Waals surface area contributed by atoms with Gasteiger partial charge in [0.25, 0.3) is 0 Å². The van der Waals surface area contributed by atoms with E-state index < -0.39 is 0 Å². The van der Waals surface area contributed by atoms with Crippen molar-refractivity contribution in [1.82, 2.24) is 9.97 Å². The molecule has 0 spiro atoms. The van der Waals surface area contributed by atoms with Crippen molar-refractivity contribution in [2.75, 3.05) is 41.9 Å². The number of nitrogens with zero attached hydrogens (tertiary/aromatic N) is 4. The van der Waals surface area contributed by atoms with Gasteiger partial charge in [0.2, 0.25) is 17.8 Å². The first-order valence-electron chi connectivity index (χ1n) is 9.97. The number of anilines is 3. The summed E-state index contributed by atoms with van der Waals surface area (Å²) in [5.74, 6) is 1.37. The van der Waals surface area contributed by atoms with Crippen molar-refractivity contribution in [1.29, 1.82) is 0 Å². The summed E-state index contributed by atoms with van der Waals surface area (Å²) in [6.45, 7) is 2.17. The molecule has 2 saturated heterocycles. The highest BCUT2D eigenvalue weighted by atomic mass is 16.5. The van der Waals surface area contributed by atoms with Gasteiger partial charge in [0.15, 0.2) is 0 Å². The van der Waals surface area contributed by atoms with E-state index in [9.17, 15) is 9.59 Å². The zero-order chi connectivity index (χ0) is 20.2. The van der Waals surface area contributed by atoms with E-state index in [4.69, 9.17) is 4.74 Å². The fourth-order valence-corrected chi connectivity index (χ4v) is 3.92. The molecule has 0 aliphatic carbocycles. The van der Waals surface area contributed by atoms with Gasteiger partial charge < -0.3 is 19.9 Å². The minimum atomic E-state index is -0.0612. The third kappa shape index (κ3) is 4.16. The Morgan fingerprint density at radius 1 is 1.17 bits per heavy atom. The average molecular weight is 395 g/mol. The van der Waals surface area contributed by atoms with Gasteiger partial charge in [-0.3, -0.25) is 9.59 Å². The van der Waals surface area contributed by atoms with Gasteiger partial charge in [-0.05, 0) is 43.5 Å². The van der Waals surface area contributed by atoms with Gasteiger partial charge in [0, 0.05) is 50.1 Å². The van der Waals surface area contributed by atoms with E-state index in [0.717, 1.165) is 32.4 Å². The van der Waals surface area contributed by atoms with Gasteiger partial charge >= 0.3 is 0 Å². The van der Waals surface area contributed by atoms with E-state index in [1.165, 1.54) is 0 Å². The average Bonchev–Trinajstić information content (AvgIpc) is 3.20. The van der Waals surface area contributed by atoms with Crippen LogP contribution in [0.15, 0.2) is 36.7 Å². The van der Waals surface area contributed by atoms with Crippen LogP contribution in [-0.4, -0.2) is 48.5 Å². The van der Waals surface area contributed by atoms with Crippen LogP contribution in [0.3, 0.4) is 0 Å². The third-order valence-electron chi connectivity index (χ3n) is 5.51. The molecule has 0 saturated carbocycles. The lowest BCUT2D eigenvalue weighted by atomic mass is 9.96. The third-order valence-corrected chi connectivity index (χ3v) is 5.51. The number of rotatable bonds is 5. The summed E-state index contributed by atoms with van der Waals surface area (Å²) in [7, 11) is 1.59. The molecule has 1 aromatic carbocycles. The van der Waals surface area contributed by atoms with Crippen LogP contribution in [0.2, 0.25) is 0 Å². The fourth-order valence-electron chi connectivity index (χ4n) is 3.92. The van der Waals surface area contributed by atoms with E-state index in [1.807, 2.05) is 12.1 Å². The summed E-state index contributed by atoms with van der Waals surface area (Å²) >= 11 is 0. The molecule has 8 heteroatoms. The molecule has 2 fully saturated rings. The van der Waals surface area contributed by atoms with Crippen LogP contribution >= 0.6 is 0 Å². The number of hydrogen-bond donors (Lipinski definition) is 1. The van der Waals surface area contributed by atoms with Crippen molar-refractivity contribution < 1.29 is 14.3 Å². The molecule has 4 rings (SSSR count). The summed E-state index contributed by atoms with van der Waals surface area (Å²) in [6.07, 6.45) is 6.34. The Hall–Kier alpha value is -3.16. The van der Waals surface area contributed by atoms with Crippen LogP contribution in [0.5, 0.6) is 5.75 Å². The monoisotopic (exact) mass is 395 g/mol. The Labute approximate surface area is 169 Å². The SMILES string of the molecule is COc1ccc(NC(=O)C2CCN(c3ncccn3)CC2)cc1N1CCCC1=O. The van der Waals surface area contributed by atoms with Gasteiger partial charge in [0.1, 0.15) is 5.75 Å². The largest absolute Gasteiger partial charge is 0.495 e. The Morgan fingerprint density at radius 2 is 1.93 bits per heavy atom. The molecule has 1 N–H and O–H groups in total. The van der Waals surface area contributed by atoms with E-state index in [-0.39, 0.29) is 17.7 Å². The number of hydrogen-bond acceptors (Lipinski definition) is 6. The van der Waals surface area contributed by atoms with Crippen molar-refractivity contribution in [3.8, 4) is 5.75 Å². The minimum Gasteiger partial charge on any atom is -0.495 e. The Kier molecular flexibility index (Phi) is 5.59. The summed E-state index contributed by atoms with van der Waals surface area (Å²) in [4.78, 5) is 37.3. The van der Waals surface area contributed by atoms with Gasteiger partial charge in [-0.2, -0.15) is 0 Å². The van der Waals surface area contributed by atoms with Gasteiger partial charge in [-0.15, -0.1) is 0 Å². The number of carbonyl (C=O) groups is 2. The molecule has 152 valence electrons. The Balaban J connectivity index is 1.40. The predicted octanol–water partition coefficient (Wildman–Crippen LogP) is 2.47. The highest BCUT2D eigenvalue weighted by Crippen LogP contribution is 2.34. The zero-order valence-corrected chi connectivity index (χ0v) is 16.5. The highest BCUT2D eigenvalue weighted by Gasteiger charge is 2.28. The molecule has 29 heavy (non-hydrogen) atoms. The van der Waals surface area contributed by atoms with Crippen LogP contribution in [0.4, 0.5) is 17.3 Å². The minimum absolute atomic E-state index is 0.00231. The molecule has 2 amide bonds. The molecule has 1 aromatic heterocycles. The number of methoxy groups -OCH3 is 1. The summed E-state index contributed by atoms with van der Waals surface area (Å²) in [6, 6.07) is 7.23. The molecule has 2 aliphatic rings. The van der Waals surface area contributed by atoms with Crippen molar-refractivity contribution in [2.45, 2.75) is 25.7 Å². The summed E-state index contributed by atoms with van der Waals surface area (Å²) < 4.78 is 5.41. The number of nitrogens with one attached hydrogen (secondary N) is 1. The van der Waals surface area contributed by atoms with Crippen LogP contribution in [-0.2, 0) is 9.59 Å². The van der Waals surface area contributed by atoms with Gasteiger partial charge in [-0.1, -0.05) is 0 Å². The van der Waals surface area contributed by atoms with Gasteiger partial charge in [0.05, 0.1) is 12.8 Å². The van der Waals surface area contributed by atoms with Gasteiger partial charge in [-0.25, -0.2) is 9.97 Å². The van der Waals surface area contributed by atoms with Crippen molar-refractivity contribution in [3.63, 3.8) is 0 Å². The normalized spacial score (nSPS) is 17.5. The molecular formula is C21H25N5O3. The van der Waals surface area contributed by atoms with Crippen LogP contribution in [0.25, 0.3) is 0 Å². The topological polar surface area (TPSA) is 87.7 Å². The number of amides is 2. The second-order valence-electron chi connectivity index (χ2n) is 7.33. The first-order valence-corrected chi connectivity index (χ1v) is 9.97. The standard InChI is InChI=1S/C21H25N5O3/c1-29-18-6-5-16(14-17(18)26-11-2-4-19(26)27)24-20(28)15-7-12-25(13-8-15)21-22-9-3-10-23-21/h3,5-6,9-10,14-15H,2,4,7-8,11-13H2,1H3,(H,24,28). The quantitative estimate of drug-likeness (QED) is 0.837. The number of carbonyl (C=O) groups excluding carboxylic acids is 2. The number of benzene rings is 1. The Morgan fingerprint density at radius 3 is 2.59 bits per heavy atom. The Bertz CT molecular complexity index is 881. The number of piperidine rings is 1. The highest BCUT2D eigenvalue weighted by molar-refractivity contribution is 5.99. The molecule has 0 unspecified atom stereocenters. The van der Waals surface area contributed by atoms with Crippen LogP contribution in [0.1, 0.15) is 25.7 Å². The maximum atomic E-state index is 12.8. The predicted molar refractivity (Wildman–Crippen MR) is 110 cm³/mol. The smallest absolute Gasteiger partial charge is 0.227 e. The van der Waals surface area contributed by atoms with E-state index >= 15 is 0 Å². The second kappa shape index (κ2) is 8.46. The molecular weight excluding hydrogens is 370 g/mol. The number of ether oxygens (including phenoxy) is 1. The van der Waals surface area contributed by atoms with Crippen molar-refractivity contribution >= 4 is 29.1 Å². The van der Waals surface area contributed by atoms with Crippen LogP contribution in [0, 0.1) is 5.92 Å². The van der Waals surface area contributed by atoms with E-state index in [1.54, 1.807) is 36.5 Å². The molecule has 0 radical (unpaired) electrons. The lowest BCUT2D eigenvalue weighted by Crippen LogP contribution is -2.39. The molecule has 0 bridgehead atoms. The molecule has 2 aromatic rings. The zero-order valence-electron chi connectivity index (χ0n) is 16.5. The maximum Gasteiger partial charge on any atom is 0.227 e. The second-order valence-corrected chi connectivity index (χ2v) is 7.33. The first-order chi connectivity index (χ1) is 14.2. The van der Waals surface area contributed by atoms with E-state index in [0.29, 0.717) is 36.0 Å². The molecule has 3 heterocycles. The lowest BCUT2D eigenvalue weighted by molar-refractivity contribution is -0.120. The van der Waals surface area contributed by atoms with Crippen molar-refractivity contribution in [3.05, 3.63) is 36.7 Å². The molecule has 0 atom stereocenters. The van der Waals surface area contributed by atoms with E-state index in [2.05, 4.69) is 20.2 Å². The fraction of sp³-hybridized carbons (Fsp3) is 0.429. The molecule has 8 nitrogen and oxygen atoms in total. The molecule has 2 aliphatic heterocycles. The lowest BCUT2D eigenvalue weighted by Gasteiger charge is -2.31. The van der Waals surface area contributed by atoms with Crippen molar-refractivity contribution in [2.24, 2.45) is 5.92 Å². The summed E-state index contributed by atoms with van der Waals surface area (Å²) in [5, 5.41) is 3.01. The van der Waals surface area contributed by atoms with Crippen LogP contribution < -0.4 is 19.9 Å².